The summed E-state index contributed by atoms with van der Waals surface area (Å²) in [6.45, 7) is 2.77. The molecule has 0 atom stereocenters. The Morgan fingerprint density at radius 3 is 2.21 bits per heavy atom. The first kappa shape index (κ1) is 14.0. The third kappa shape index (κ3) is 5.65. The molecule has 5 nitrogen and oxygen atoms in total. The third-order valence-corrected chi connectivity index (χ3v) is 4.85. The SMILES string of the molecule is CCOP(=O)(OCC)S/C(C)=N/OC. The van der Waals surface area contributed by atoms with Gasteiger partial charge in [-0.2, -0.15) is 0 Å². The van der Waals surface area contributed by atoms with Crippen molar-refractivity contribution in [3.05, 3.63) is 0 Å². The Hall–Kier alpha value is -0.0300. The van der Waals surface area contributed by atoms with Gasteiger partial charge in [-0.25, -0.2) is 4.57 Å². The van der Waals surface area contributed by atoms with Gasteiger partial charge in [0.15, 0.2) is 0 Å². The lowest BCUT2D eigenvalue weighted by Gasteiger charge is -2.14. The first-order valence-corrected chi connectivity index (χ1v) is 7.20. The zero-order chi connectivity index (χ0) is 11.0. The number of nitrogens with zero attached hydrogens (tertiary/aromatic N) is 1. The molecule has 0 aromatic carbocycles. The van der Waals surface area contributed by atoms with Crippen LogP contribution >= 0.6 is 18.2 Å². The molecule has 0 fully saturated rings. The Labute approximate surface area is 88.5 Å². The molecule has 84 valence electrons. The Morgan fingerprint density at radius 1 is 1.36 bits per heavy atom. The molecular formula is C7H16NO4PS. The molecule has 0 aliphatic heterocycles. The highest BCUT2D eigenvalue weighted by Crippen LogP contribution is 2.60. The summed E-state index contributed by atoms with van der Waals surface area (Å²) in [4.78, 5) is 4.54. The van der Waals surface area contributed by atoms with Gasteiger partial charge in [-0.15, -0.1) is 0 Å². The predicted molar refractivity (Wildman–Crippen MR) is 58.6 cm³/mol. The molecule has 7 heteroatoms. The minimum absolute atomic E-state index is 0.338. The maximum atomic E-state index is 11.9. The van der Waals surface area contributed by atoms with Crippen molar-refractivity contribution < 1.29 is 18.5 Å². The molecule has 0 amide bonds. The molecule has 0 aromatic heterocycles. The van der Waals surface area contributed by atoms with E-state index in [1.54, 1.807) is 20.8 Å². The van der Waals surface area contributed by atoms with E-state index in [1.807, 2.05) is 0 Å². The summed E-state index contributed by atoms with van der Waals surface area (Å²) >= 11 is 0.957. The smallest absolute Gasteiger partial charge is 0.395 e. The van der Waals surface area contributed by atoms with Crippen LogP contribution in [0, 0.1) is 0 Å². The van der Waals surface area contributed by atoms with Gasteiger partial charge in [-0.1, -0.05) is 5.16 Å². The average molecular weight is 241 g/mol. The second kappa shape index (κ2) is 7.29. The largest absolute Gasteiger partial charge is 0.398 e. The number of oxime groups is 1. The van der Waals surface area contributed by atoms with E-state index in [-0.39, 0.29) is 0 Å². The van der Waals surface area contributed by atoms with Crippen molar-refractivity contribution in [2.75, 3.05) is 20.3 Å². The molecule has 0 saturated carbocycles. The topological polar surface area (TPSA) is 57.1 Å². The lowest BCUT2D eigenvalue weighted by Crippen LogP contribution is -1.95. The number of hydrogen-bond donors (Lipinski definition) is 0. The first-order valence-electron chi connectivity index (χ1n) is 4.24. The van der Waals surface area contributed by atoms with E-state index < -0.39 is 6.80 Å². The minimum Gasteiger partial charge on any atom is -0.398 e. The van der Waals surface area contributed by atoms with Gasteiger partial charge in [-0.3, -0.25) is 0 Å². The molecule has 0 bridgehead atoms. The predicted octanol–water partition coefficient (Wildman–Crippen LogP) is 2.88. The van der Waals surface area contributed by atoms with Gasteiger partial charge in [-0.05, 0) is 20.8 Å². The van der Waals surface area contributed by atoms with Crippen LogP contribution in [0.1, 0.15) is 20.8 Å². The van der Waals surface area contributed by atoms with Crippen molar-refractivity contribution in [1.29, 1.82) is 0 Å². The normalized spacial score (nSPS) is 13.0. The number of rotatable bonds is 6. The van der Waals surface area contributed by atoms with Crippen molar-refractivity contribution in [1.82, 2.24) is 0 Å². The van der Waals surface area contributed by atoms with E-state index in [0.717, 1.165) is 11.4 Å². The lowest BCUT2D eigenvalue weighted by molar-refractivity contribution is 0.214. The summed E-state index contributed by atoms with van der Waals surface area (Å²) in [5.74, 6) is 0. The van der Waals surface area contributed by atoms with E-state index in [9.17, 15) is 4.57 Å². The summed E-state index contributed by atoms with van der Waals surface area (Å²) in [6, 6.07) is 0. The summed E-state index contributed by atoms with van der Waals surface area (Å²) in [6.07, 6.45) is 0. The van der Waals surface area contributed by atoms with Crippen LogP contribution in [0.3, 0.4) is 0 Å². The quantitative estimate of drug-likeness (QED) is 0.310. The van der Waals surface area contributed by atoms with Gasteiger partial charge in [0.2, 0.25) is 0 Å². The number of hydrogen-bond acceptors (Lipinski definition) is 6. The highest BCUT2D eigenvalue weighted by atomic mass is 32.7. The summed E-state index contributed by atoms with van der Waals surface area (Å²) in [5.41, 5.74) is 0. The van der Waals surface area contributed by atoms with Gasteiger partial charge in [0, 0.05) is 11.4 Å². The molecule has 0 unspecified atom stereocenters. The highest BCUT2D eigenvalue weighted by Gasteiger charge is 2.26. The highest BCUT2D eigenvalue weighted by molar-refractivity contribution is 8.62. The molecule has 0 aromatic rings. The Bertz CT molecular complexity index is 224. The zero-order valence-corrected chi connectivity index (χ0v) is 10.6. The van der Waals surface area contributed by atoms with Crippen molar-refractivity contribution in [2.24, 2.45) is 5.16 Å². The Morgan fingerprint density at radius 2 is 1.86 bits per heavy atom. The van der Waals surface area contributed by atoms with E-state index in [4.69, 9.17) is 9.05 Å². The molecule has 0 rings (SSSR count). The molecule has 0 spiro atoms. The Balaban J connectivity index is 4.35. The van der Waals surface area contributed by atoms with E-state index in [0.29, 0.717) is 18.3 Å². The second-order valence-corrected chi connectivity index (χ2v) is 6.24. The molecule has 0 radical (unpaired) electrons. The summed E-state index contributed by atoms with van der Waals surface area (Å²) in [7, 11) is 1.43. The maximum Gasteiger partial charge on any atom is 0.395 e. The monoisotopic (exact) mass is 241 g/mol. The summed E-state index contributed by atoms with van der Waals surface area (Å²) < 4.78 is 22.0. The van der Waals surface area contributed by atoms with Crippen molar-refractivity contribution in [2.45, 2.75) is 20.8 Å². The van der Waals surface area contributed by atoms with Crippen LogP contribution in [0.5, 0.6) is 0 Å². The van der Waals surface area contributed by atoms with Gasteiger partial charge < -0.3 is 13.9 Å². The zero-order valence-electron chi connectivity index (χ0n) is 8.85. The molecule has 0 saturated heterocycles. The van der Waals surface area contributed by atoms with Crippen LogP contribution in [-0.4, -0.2) is 25.4 Å². The van der Waals surface area contributed by atoms with Gasteiger partial charge in [0.1, 0.15) is 12.2 Å². The molecule has 14 heavy (non-hydrogen) atoms. The van der Waals surface area contributed by atoms with E-state index >= 15 is 0 Å². The van der Waals surface area contributed by atoms with E-state index in [1.165, 1.54) is 7.11 Å². The van der Waals surface area contributed by atoms with Crippen LogP contribution in [0.2, 0.25) is 0 Å². The lowest BCUT2D eigenvalue weighted by atomic mass is 10.9. The summed E-state index contributed by atoms with van der Waals surface area (Å²) in [5, 5.41) is 4.13. The van der Waals surface area contributed by atoms with Gasteiger partial charge in [0.05, 0.1) is 13.2 Å². The minimum atomic E-state index is -3.10. The fourth-order valence-corrected chi connectivity index (χ4v) is 3.98. The molecule has 0 aliphatic rings. The maximum absolute atomic E-state index is 11.9. The molecule has 0 aliphatic carbocycles. The molecular weight excluding hydrogens is 225 g/mol. The molecule has 0 heterocycles. The average Bonchev–Trinajstić information content (AvgIpc) is 2.04. The second-order valence-electron chi connectivity index (χ2n) is 2.17. The fraction of sp³-hybridized carbons (Fsp3) is 0.857. The van der Waals surface area contributed by atoms with E-state index in [2.05, 4.69) is 9.99 Å². The van der Waals surface area contributed by atoms with Crippen LogP contribution in [0.25, 0.3) is 0 Å². The van der Waals surface area contributed by atoms with Crippen LogP contribution < -0.4 is 0 Å². The van der Waals surface area contributed by atoms with Crippen LogP contribution in [0.4, 0.5) is 0 Å². The van der Waals surface area contributed by atoms with Gasteiger partial charge >= 0.3 is 6.80 Å². The first-order chi connectivity index (χ1) is 6.58. The van der Waals surface area contributed by atoms with Crippen LogP contribution in [0.15, 0.2) is 5.16 Å². The van der Waals surface area contributed by atoms with Crippen LogP contribution in [-0.2, 0) is 18.5 Å². The van der Waals surface area contributed by atoms with Crippen molar-refractivity contribution >= 4 is 23.2 Å². The van der Waals surface area contributed by atoms with Crippen molar-refractivity contribution in [3.63, 3.8) is 0 Å². The molecule has 0 N–H and O–H groups in total. The third-order valence-electron chi connectivity index (χ3n) is 1.04. The van der Waals surface area contributed by atoms with Gasteiger partial charge in [0.25, 0.3) is 0 Å². The standard InChI is InChI=1S/C7H16NO4PS/c1-5-11-13(9,12-6-2)14-7(3)8-10-4/h5-6H2,1-4H3/b8-7+. The Kier molecular flexibility index (Phi) is 7.27. The fourth-order valence-electron chi connectivity index (χ4n) is 0.713. The van der Waals surface area contributed by atoms with Crippen molar-refractivity contribution in [3.8, 4) is 0 Å².